The smallest absolute Gasteiger partial charge is 0.122 e. The van der Waals surface area contributed by atoms with Crippen molar-refractivity contribution in [2.75, 3.05) is 0 Å². The molecule has 0 aliphatic heterocycles. The van der Waals surface area contributed by atoms with Crippen LogP contribution >= 0.6 is 11.6 Å². The standard InChI is InChI=1S/C6H9ClN2/c1-5(3-4-8)9-6(2)7/h3-4H,2,8H2,1H3/b4-3-,9-5?. The zero-order chi connectivity index (χ0) is 7.28. The number of rotatable bonds is 2. The number of hydrogen-bond donors (Lipinski definition) is 1. The van der Waals surface area contributed by atoms with Gasteiger partial charge in [-0.05, 0) is 19.2 Å². The highest BCUT2D eigenvalue weighted by Gasteiger charge is 1.81. The van der Waals surface area contributed by atoms with Crippen LogP contribution in [-0.4, -0.2) is 5.71 Å². The van der Waals surface area contributed by atoms with Crippen LogP contribution in [0.5, 0.6) is 0 Å². The predicted octanol–water partition coefficient (Wildman–Crippen LogP) is 1.63. The molecular weight excluding hydrogens is 136 g/mol. The van der Waals surface area contributed by atoms with Gasteiger partial charge in [0.25, 0.3) is 0 Å². The van der Waals surface area contributed by atoms with Gasteiger partial charge >= 0.3 is 0 Å². The van der Waals surface area contributed by atoms with Gasteiger partial charge in [0.1, 0.15) is 5.16 Å². The molecule has 0 aliphatic rings. The first kappa shape index (κ1) is 8.24. The molecule has 0 aromatic rings. The Hall–Kier alpha value is -0.760. The molecule has 2 N–H and O–H groups in total. The van der Waals surface area contributed by atoms with Gasteiger partial charge in [0.05, 0.1) is 0 Å². The summed E-state index contributed by atoms with van der Waals surface area (Å²) in [6.07, 6.45) is 3.05. The van der Waals surface area contributed by atoms with Crippen LogP contribution in [0.1, 0.15) is 6.92 Å². The summed E-state index contributed by atoms with van der Waals surface area (Å²) in [5.74, 6) is 0. The number of hydrogen-bond acceptors (Lipinski definition) is 2. The van der Waals surface area contributed by atoms with Crippen molar-refractivity contribution in [2.45, 2.75) is 6.92 Å². The maximum absolute atomic E-state index is 5.35. The molecule has 0 fully saturated rings. The fraction of sp³-hybridized carbons (Fsp3) is 0.167. The Balaban J connectivity index is 4.00. The molecule has 0 aromatic carbocycles. The van der Waals surface area contributed by atoms with Crippen molar-refractivity contribution in [3.05, 3.63) is 24.0 Å². The first-order valence-corrected chi connectivity index (χ1v) is 2.82. The van der Waals surface area contributed by atoms with Crippen LogP contribution in [0.15, 0.2) is 29.0 Å². The van der Waals surface area contributed by atoms with Crippen LogP contribution in [0, 0.1) is 0 Å². The largest absolute Gasteiger partial charge is 0.405 e. The summed E-state index contributed by atoms with van der Waals surface area (Å²) in [6, 6.07) is 0. The maximum atomic E-state index is 5.35. The summed E-state index contributed by atoms with van der Waals surface area (Å²) >= 11 is 5.35. The van der Waals surface area contributed by atoms with Crippen LogP contribution in [0.4, 0.5) is 0 Å². The number of halogens is 1. The Bertz CT molecular complexity index is 158. The average molecular weight is 145 g/mol. The van der Waals surface area contributed by atoms with Crippen LogP contribution in [0.2, 0.25) is 0 Å². The molecule has 0 saturated carbocycles. The van der Waals surface area contributed by atoms with Gasteiger partial charge < -0.3 is 5.73 Å². The average Bonchev–Trinajstić information content (AvgIpc) is 1.63. The molecule has 0 radical (unpaired) electrons. The summed E-state index contributed by atoms with van der Waals surface area (Å²) in [7, 11) is 0. The number of nitrogens with zero attached hydrogens (tertiary/aromatic N) is 1. The summed E-state index contributed by atoms with van der Waals surface area (Å²) in [6.45, 7) is 5.17. The maximum Gasteiger partial charge on any atom is 0.122 e. The topological polar surface area (TPSA) is 38.4 Å². The quantitative estimate of drug-likeness (QED) is 0.464. The Kier molecular flexibility index (Phi) is 3.80. The molecule has 50 valence electrons. The van der Waals surface area contributed by atoms with Gasteiger partial charge in [0.2, 0.25) is 0 Å². The van der Waals surface area contributed by atoms with Crippen LogP contribution in [-0.2, 0) is 0 Å². The van der Waals surface area contributed by atoms with Gasteiger partial charge in [0, 0.05) is 5.71 Å². The third-order valence-corrected chi connectivity index (χ3v) is 0.720. The summed E-state index contributed by atoms with van der Waals surface area (Å²) in [5, 5.41) is 0.269. The highest BCUT2D eigenvalue weighted by Crippen LogP contribution is 1.98. The summed E-state index contributed by atoms with van der Waals surface area (Å²) < 4.78 is 0. The minimum atomic E-state index is 0.269. The molecule has 0 amide bonds. The highest BCUT2D eigenvalue weighted by molar-refractivity contribution is 6.29. The van der Waals surface area contributed by atoms with Crippen LogP contribution in [0.25, 0.3) is 0 Å². The van der Waals surface area contributed by atoms with Gasteiger partial charge in [0.15, 0.2) is 0 Å². The van der Waals surface area contributed by atoms with Gasteiger partial charge in [-0.15, -0.1) is 0 Å². The normalized spacial score (nSPS) is 12.4. The summed E-state index contributed by atoms with van der Waals surface area (Å²) in [5.41, 5.74) is 5.82. The van der Waals surface area contributed by atoms with E-state index in [1.807, 2.05) is 0 Å². The molecular formula is C6H9ClN2. The van der Waals surface area contributed by atoms with E-state index in [9.17, 15) is 0 Å². The van der Waals surface area contributed by atoms with Gasteiger partial charge in [-0.1, -0.05) is 18.2 Å². The van der Waals surface area contributed by atoms with E-state index in [2.05, 4.69) is 11.6 Å². The van der Waals surface area contributed by atoms with Crippen molar-refractivity contribution >= 4 is 17.3 Å². The molecule has 0 saturated heterocycles. The molecule has 0 bridgehead atoms. The van der Waals surface area contributed by atoms with Crippen molar-refractivity contribution in [2.24, 2.45) is 10.7 Å². The van der Waals surface area contributed by atoms with Crippen molar-refractivity contribution in [3.63, 3.8) is 0 Å². The third-order valence-electron chi connectivity index (χ3n) is 0.635. The van der Waals surface area contributed by atoms with Gasteiger partial charge in [-0.3, -0.25) is 0 Å². The van der Waals surface area contributed by atoms with E-state index in [0.29, 0.717) is 0 Å². The Morgan fingerprint density at radius 1 is 1.78 bits per heavy atom. The molecule has 2 nitrogen and oxygen atoms in total. The zero-order valence-electron chi connectivity index (χ0n) is 5.26. The lowest BCUT2D eigenvalue weighted by atomic mass is 10.4. The van der Waals surface area contributed by atoms with Crippen LogP contribution in [0.3, 0.4) is 0 Å². The van der Waals surface area contributed by atoms with Crippen molar-refractivity contribution < 1.29 is 0 Å². The molecule has 0 aliphatic carbocycles. The van der Waals surface area contributed by atoms with Gasteiger partial charge in [-0.25, -0.2) is 4.99 Å². The second-order valence-corrected chi connectivity index (χ2v) is 1.92. The highest BCUT2D eigenvalue weighted by atomic mass is 35.5. The van der Waals surface area contributed by atoms with E-state index in [1.165, 1.54) is 6.20 Å². The number of allylic oxidation sites excluding steroid dienone is 1. The molecule has 0 heterocycles. The molecule has 0 unspecified atom stereocenters. The van der Waals surface area contributed by atoms with E-state index in [1.54, 1.807) is 13.0 Å². The molecule has 0 spiro atoms. The second-order valence-electron chi connectivity index (χ2n) is 1.49. The Labute approximate surface area is 59.7 Å². The van der Waals surface area contributed by atoms with Crippen molar-refractivity contribution in [1.82, 2.24) is 0 Å². The van der Waals surface area contributed by atoms with E-state index in [4.69, 9.17) is 17.3 Å². The Morgan fingerprint density at radius 3 is 2.67 bits per heavy atom. The van der Waals surface area contributed by atoms with Crippen molar-refractivity contribution in [1.29, 1.82) is 0 Å². The predicted molar refractivity (Wildman–Crippen MR) is 41.4 cm³/mol. The fourth-order valence-electron chi connectivity index (χ4n) is 0.368. The molecule has 0 aromatic heterocycles. The SMILES string of the molecule is C=C(Cl)N=C(C)/C=C\N. The lowest BCUT2D eigenvalue weighted by Crippen LogP contribution is -1.86. The first-order chi connectivity index (χ1) is 4.16. The molecule has 0 atom stereocenters. The van der Waals surface area contributed by atoms with Crippen molar-refractivity contribution in [3.8, 4) is 0 Å². The molecule has 9 heavy (non-hydrogen) atoms. The molecule has 0 rings (SSSR count). The van der Waals surface area contributed by atoms with E-state index in [0.717, 1.165) is 5.71 Å². The van der Waals surface area contributed by atoms with E-state index in [-0.39, 0.29) is 5.16 Å². The number of aliphatic imine (C=N–C) groups is 1. The third kappa shape index (κ3) is 5.11. The summed E-state index contributed by atoms with van der Waals surface area (Å²) in [4.78, 5) is 3.79. The first-order valence-electron chi connectivity index (χ1n) is 2.45. The second kappa shape index (κ2) is 4.15. The minimum Gasteiger partial charge on any atom is -0.405 e. The van der Waals surface area contributed by atoms with Gasteiger partial charge in [-0.2, -0.15) is 0 Å². The number of nitrogens with two attached hydrogens (primary N) is 1. The van der Waals surface area contributed by atoms with E-state index >= 15 is 0 Å². The lowest BCUT2D eigenvalue weighted by molar-refractivity contribution is 1.50. The van der Waals surface area contributed by atoms with E-state index < -0.39 is 0 Å². The Morgan fingerprint density at radius 2 is 2.33 bits per heavy atom. The van der Waals surface area contributed by atoms with Crippen LogP contribution < -0.4 is 5.73 Å². The zero-order valence-corrected chi connectivity index (χ0v) is 6.02. The molecule has 3 heteroatoms. The lowest BCUT2D eigenvalue weighted by Gasteiger charge is -1.86. The fourth-order valence-corrected chi connectivity index (χ4v) is 0.501. The monoisotopic (exact) mass is 144 g/mol. The minimum absolute atomic E-state index is 0.269.